The summed E-state index contributed by atoms with van der Waals surface area (Å²) >= 11 is 5.82. The van der Waals surface area contributed by atoms with Gasteiger partial charge in [-0.25, -0.2) is 18.7 Å². The zero-order chi connectivity index (χ0) is 20.5. The number of amides is 2. The summed E-state index contributed by atoms with van der Waals surface area (Å²) in [5.74, 6) is -0.624. The zero-order valence-corrected chi connectivity index (χ0v) is 15.8. The van der Waals surface area contributed by atoms with E-state index in [1.165, 1.54) is 29.2 Å². The molecule has 1 aliphatic rings. The molecule has 2 amide bonds. The van der Waals surface area contributed by atoms with Crippen molar-refractivity contribution in [1.29, 1.82) is 0 Å². The summed E-state index contributed by atoms with van der Waals surface area (Å²) in [6.45, 7) is 0.0188. The van der Waals surface area contributed by atoms with Crippen molar-refractivity contribution in [1.82, 2.24) is 19.7 Å². The molecule has 2 aromatic carbocycles. The molecule has 0 saturated heterocycles. The lowest BCUT2D eigenvalue weighted by atomic mass is 10.2. The average Bonchev–Trinajstić information content (AvgIpc) is 3.18. The zero-order valence-electron chi connectivity index (χ0n) is 15.0. The number of nitrogens with zero attached hydrogens (tertiary/aromatic N) is 4. The maximum atomic E-state index is 13.1. The van der Waals surface area contributed by atoms with Crippen molar-refractivity contribution in [3.05, 3.63) is 81.2 Å². The number of rotatable bonds is 5. The largest absolute Gasteiger partial charge is 0.354 e. The molecule has 0 fully saturated rings. The van der Waals surface area contributed by atoms with Crippen LogP contribution < -0.4 is 15.9 Å². The normalized spacial score (nSPS) is 12.9. The van der Waals surface area contributed by atoms with Crippen molar-refractivity contribution in [2.24, 2.45) is 0 Å². The van der Waals surface area contributed by atoms with E-state index in [0.717, 1.165) is 14.8 Å². The molecule has 0 atom stereocenters. The molecule has 0 spiro atoms. The molecule has 8 nitrogen and oxygen atoms in total. The van der Waals surface area contributed by atoms with E-state index in [9.17, 15) is 18.8 Å². The molecule has 0 unspecified atom stereocenters. The Kier molecular flexibility index (Phi) is 4.89. The summed E-state index contributed by atoms with van der Waals surface area (Å²) in [7, 11) is 0. The Morgan fingerprint density at radius 1 is 1.10 bits per heavy atom. The molecule has 10 heteroatoms. The lowest BCUT2D eigenvalue weighted by Crippen LogP contribution is -2.37. The van der Waals surface area contributed by atoms with Gasteiger partial charge in [-0.2, -0.15) is 9.67 Å². The van der Waals surface area contributed by atoms with Crippen LogP contribution in [-0.4, -0.2) is 26.3 Å². The van der Waals surface area contributed by atoms with Crippen LogP contribution >= 0.6 is 11.6 Å². The maximum Gasteiger partial charge on any atom is 0.354 e. The molecule has 1 N–H and O–H groups in total. The first kappa shape index (κ1) is 18.9. The summed E-state index contributed by atoms with van der Waals surface area (Å²) in [5.41, 5.74) is 0.609. The Morgan fingerprint density at radius 3 is 2.45 bits per heavy atom. The first-order valence-corrected chi connectivity index (χ1v) is 9.07. The highest BCUT2D eigenvalue weighted by Crippen LogP contribution is 2.22. The lowest BCUT2D eigenvalue weighted by Gasteiger charge is -2.14. The van der Waals surface area contributed by atoms with E-state index in [0.29, 0.717) is 10.7 Å². The number of benzene rings is 2. The van der Waals surface area contributed by atoms with Crippen LogP contribution in [0.4, 0.5) is 14.9 Å². The van der Waals surface area contributed by atoms with Crippen molar-refractivity contribution < 1.29 is 14.0 Å². The molecule has 2 heterocycles. The van der Waals surface area contributed by atoms with Gasteiger partial charge in [-0.3, -0.25) is 9.69 Å². The monoisotopic (exact) mass is 415 g/mol. The third kappa shape index (κ3) is 3.77. The molecule has 29 heavy (non-hydrogen) atoms. The number of halogens is 2. The van der Waals surface area contributed by atoms with E-state index in [4.69, 9.17) is 11.6 Å². The highest BCUT2D eigenvalue weighted by atomic mass is 35.5. The molecule has 1 aliphatic heterocycles. The van der Waals surface area contributed by atoms with Gasteiger partial charge in [0.1, 0.15) is 12.4 Å². The van der Waals surface area contributed by atoms with Crippen molar-refractivity contribution >= 4 is 29.2 Å². The highest BCUT2D eigenvalue weighted by Gasteiger charge is 2.33. The molecule has 0 radical (unpaired) electrons. The Labute approximate surface area is 169 Å². The minimum Gasteiger partial charge on any atom is -0.350 e. The number of hydrogen-bond acceptors (Lipinski definition) is 4. The fraction of sp³-hybridized carbons (Fsp3) is 0.158. The molecule has 3 aromatic rings. The number of aromatic nitrogens is 3. The van der Waals surface area contributed by atoms with Crippen LogP contribution in [0.3, 0.4) is 0 Å². The van der Waals surface area contributed by atoms with Crippen molar-refractivity contribution in [2.75, 3.05) is 4.90 Å². The van der Waals surface area contributed by atoms with Crippen LogP contribution in [0.2, 0.25) is 5.02 Å². The fourth-order valence-corrected chi connectivity index (χ4v) is 3.12. The highest BCUT2D eigenvalue weighted by molar-refractivity contribution is 6.30. The molecule has 0 bridgehead atoms. The van der Waals surface area contributed by atoms with Crippen molar-refractivity contribution in [2.45, 2.75) is 19.6 Å². The van der Waals surface area contributed by atoms with E-state index in [2.05, 4.69) is 10.4 Å². The van der Waals surface area contributed by atoms with Gasteiger partial charge in [-0.1, -0.05) is 23.7 Å². The van der Waals surface area contributed by atoms with Crippen LogP contribution in [0.5, 0.6) is 0 Å². The number of carbonyl (C=O) groups is 2. The fourth-order valence-electron chi connectivity index (χ4n) is 3.00. The Balaban J connectivity index is 1.43. The van der Waals surface area contributed by atoms with Crippen LogP contribution in [0.15, 0.2) is 53.3 Å². The quantitative estimate of drug-likeness (QED) is 0.691. The van der Waals surface area contributed by atoms with Gasteiger partial charge in [-0.05, 0) is 42.0 Å². The van der Waals surface area contributed by atoms with E-state index in [1.54, 1.807) is 24.3 Å². The minimum absolute atomic E-state index is 0.0547. The summed E-state index contributed by atoms with van der Waals surface area (Å²) < 4.78 is 14.9. The van der Waals surface area contributed by atoms with Crippen LogP contribution in [0.25, 0.3) is 0 Å². The van der Waals surface area contributed by atoms with E-state index in [-0.39, 0.29) is 25.5 Å². The molecule has 0 saturated carbocycles. The van der Waals surface area contributed by atoms with Crippen molar-refractivity contribution in [3.8, 4) is 0 Å². The van der Waals surface area contributed by atoms with Gasteiger partial charge in [0.25, 0.3) is 0 Å². The van der Waals surface area contributed by atoms with Crippen LogP contribution in [-0.2, 0) is 24.4 Å². The summed E-state index contributed by atoms with van der Waals surface area (Å²) in [6.07, 6.45) is 0. The molecule has 4 rings (SSSR count). The lowest BCUT2D eigenvalue weighted by molar-refractivity contribution is -0.122. The molecule has 148 valence electrons. The van der Waals surface area contributed by atoms with Gasteiger partial charge in [0.15, 0.2) is 5.82 Å². The molecule has 1 aromatic heterocycles. The van der Waals surface area contributed by atoms with Gasteiger partial charge in [-0.15, -0.1) is 0 Å². The summed E-state index contributed by atoms with van der Waals surface area (Å²) in [5, 5.41) is 7.38. The predicted octanol–water partition coefficient (Wildman–Crippen LogP) is 2.14. The van der Waals surface area contributed by atoms with Crippen LogP contribution in [0.1, 0.15) is 11.4 Å². The topological polar surface area (TPSA) is 89.2 Å². The third-order valence-electron chi connectivity index (χ3n) is 4.46. The summed E-state index contributed by atoms with van der Waals surface area (Å²) in [6, 6.07) is 11.7. The van der Waals surface area contributed by atoms with E-state index >= 15 is 0 Å². The van der Waals surface area contributed by atoms with Gasteiger partial charge in [0.05, 0.1) is 6.54 Å². The number of anilines is 1. The van der Waals surface area contributed by atoms with Gasteiger partial charge >= 0.3 is 11.7 Å². The Hall–Kier alpha value is -3.46. The smallest absolute Gasteiger partial charge is 0.350 e. The Morgan fingerprint density at radius 2 is 1.79 bits per heavy atom. The van der Waals surface area contributed by atoms with E-state index in [1.807, 2.05) is 0 Å². The second-order valence-corrected chi connectivity index (χ2v) is 6.88. The second kappa shape index (κ2) is 7.51. The standard InChI is InChI=1S/C19H15ClFN5O3/c20-13-3-1-12(2-4-13)9-22-17(27)11-25-19(29)26-16(23-25)10-24(18(26)28)15-7-5-14(21)6-8-15/h1-8H,9-11H2,(H,22,27). The minimum atomic E-state index is -0.698. The van der Waals surface area contributed by atoms with Gasteiger partial charge in [0.2, 0.25) is 5.91 Å². The number of fused-ring (bicyclic) bond motifs is 1. The van der Waals surface area contributed by atoms with Crippen molar-refractivity contribution in [3.63, 3.8) is 0 Å². The first-order valence-electron chi connectivity index (χ1n) is 8.69. The number of nitrogens with one attached hydrogen (secondary N) is 1. The SMILES string of the molecule is O=C(Cn1nc2n(c1=O)C(=O)N(c1ccc(F)cc1)C2)NCc1ccc(Cl)cc1. The van der Waals surface area contributed by atoms with Crippen LogP contribution in [0, 0.1) is 5.82 Å². The summed E-state index contributed by atoms with van der Waals surface area (Å²) in [4.78, 5) is 38.5. The molecular formula is C19H15ClFN5O3. The number of carbonyl (C=O) groups excluding carboxylic acids is 2. The Bertz CT molecular complexity index is 1140. The first-order chi connectivity index (χ1) is 13.9. The second-order valence-electron chi connectivity index (χ2n) is 6.44. The molecular weight excluding hydrogens is 401 g/mol. The van der Waals surface area contributed by atoms with E-state index < -0.39 is 23.4 Å². The third-order valence-corrected chi connectivity index (χ3v) is 4.71. The molecule has 0 aliphatic carbocycles. The number of hydrogen-bond donors (Lipinski definition) is 1. The van der Waals surface area contributed by atoms with Gasteiger partial charge in [0, 0.05) is 17.3 Å². The van der Waals surface area contributed by atoms with Gasteiger partial charge < -0.3 is 5.32 Å². The maximum absolute atomic E-state index is 13.1. The predicted molar refractivity (Wildman–Crippen MR) is 103 cm³/mol. The average molecular weight is 416 g/mol.